The van der Waals surface area contributed by atoms with Gasteiger partial charge >= 0.3 is 248 Å². The van der Waals surface area contributed by atoms with Gasteiger partial charge in [-0.05, 0) is 0 Å². The Morgan fingerprint density at radius 2 is 0.769 bits per heavy atom. The molecule has 0 spiro atoms. The normalized spacial score (nSPS) is 17.2. The van der Waals surface area contributed by atoms with E-state index in [1.807, 2.05) is 0 Å². The van der Waals surface area contributed by atoms with Crippen molar-refractivity contribution in [2.24, 2.45) is 0 Å². The van der Waals surface area contributed by atoms with E-state index in [-0.39, 0.29) is 10.6 Å². The number of hydrogen-bond donors (Lipinski definition) is 0. The van der Waals surface area contributed by atoms with Crippen molar-refractivity contribution in [3.63, 3.8) is 0 Å². The zero-order valence-electron chi connectivity index (χ0n) is 26.8. The molecule has 0 aromatic heterocycles. The third kappa shape index (κ3) is 4.75. The van der Waals surface area contributed by atoms with E-state index >= 15 is 0 Å². The van der Waals surface area contributed by atoms with E-state index < -0.39 is 29.7 Å². The van der Waals surface area contributed by atoms with Crippen LogP contribution in [0.25, 0.3) is 0 Å². The number of rotatable bonds is 6. The van der Waals surface area contributed by atoms with Crippen LogP contribution in [0.3, 0.4) is 0 Å². The average Bonchev–Trinajstić information content (AvgIpc) is 2.79. The Bertz CT molecular complexity index is 1120. The summed E-state index contributed by atoms with van der Waals surface area (Å²) in [4.78, 5) is 0. The van der Waals surface area contributed by atoms with Crippen molar-refractivity contribution in [1.29, 1.82) is 0 Å². The quantitative estimate of drug-likeness (QED) is 0.246. The third-order valence-electron chi connectivity index (χ3n) is 9.95. The van der Waals surface area contributed by atoms with Crippen LogP contribution in [0.2, 0.25) is 58.9 Å². The van der Waals surface area contributed by atoms with Gasteiger partial charge in [-0.2, -0.15) is 0 Å². The molecule has 0 amide bonds. The molecule has 0 atom stereocenters. The van der Waals surface area contributed by atoms with E-state index in [9.17, 15) is 0 Å². The third-order valence-corrected chi connectivity index (χ3v) is 30.8. The van der Waals surface area contributed by atoms with Crippen molar-refractivity contribution in [3.8, 4) is 0 Å². The van der Waals surface area contributed by atoms with Crippen LogP contribution in [-0.2, 0) is 0 Å². The van der Waals surface area contributed by atoms with Crippen LogP contribution < -0.4 is 13.1 Å². The number of hydrogen-bond acceptors (Lipinski definition) is 0. The summed E-state index contributed by atoms with van der Waals surface area (Å²) in [5.74, 6) is 0. The van der Waals surface area contributed by atoms with Crippen molar-refractivity contribution in [3.05, 3.63) is 91.0 Å². The second-order valence-corrected chi connectivity index (χ2v) is 35.0. The van der Waals surface area contributed by atoms with Gasteiger partial charge in [-0.15, -0.1) is 0 Å². The predicted octanol–water partition coefficient (Wildman–Crippen LogP) is 8.24. The molecule has 206 valence electrons. The molecule has 1 fully saturated rings. The monoisotopic (exact) mass is 613 g/mol. The van der Waals surface area contributed by atoms with E-state index in [0.29, 0.717) is 22.4 Å². The molecule has 1 aliphatic heterocycles. The van der Waals surface area contributed by atoms with Gasteiger partial charge in [0.05, 0.1) is 0 Å². The Balaban J connectivity index is 2.25. The first-order chi connectivity index (χ1) is 17.9. The van der Waals surface area contributed by atoms with Crippen molar-refractivity contribution in [2.45, 2.75) is 100 Å². The SMILES string of the molecule is CC(C)(C)B1C([As+](c2ccccc2)(c2ccccc2)c2ccccc2)B(C(C)(C)C)C1([Si](C)(C)C)[Si](C)(C)C. The molecule has 1 heterocycles. The summed E-state index contributed by atoms with van der Waals surface area (Å²) in [6.07, 6.45) is 0. The summed E-state index contributed by atoms with van der Waals surface area (Å²) in [7, 11) is -3.28. The summed E-state index contributed by atoms with van der Waals surface area (Å²) in [6.45, 7) is 33.2. The van der Waals surface area contributed by atoms with Gasteiger partial charge in [0.15, 0.2) is 0 Å². The van der Waals surface area contributed by atoms with Crippen LogP contribution in [0.5, 0.6) is 0 Å². The Labute approximate surface area is 246 Å². The molecule has 0 bridgehead atoms. The second kappa shape index (κ2) is 10.3. The van der Waals surface area contributed by atoms with Gasteiger partial charge in [-0.3, -0.25) is 0 Å². The fourth-order valence-corrected chi connectivity index (χ4v) is 38.8. The van der Waals surface area contributed by atoms with Gasteiger partial charge in [0, 0.05) is 0 Å². The van der Waals surface area contributed by atoms with Gasteiger partial charge in [-0.1, -0.05) is 0 Å². The van der Waals surface area contributed by atoms with Crippen LogP contribution in [0, 0.1) is 0 Å². The molecule has 3 aromatic rings. The zero-order valence-corrected chi connectivity index (χ0v) is 30.7. The summed E-state index contributed by atoms with van der Waals surface area (Å²) >= 11 is -3.02. The molecule has 1 aliphatic rings. The molecule has 0 N–H and O–H groups in total. The van der Waals surface area contributed by atoms with Crippen LogP contribution in [0.1, 0.15) is 41.5 Å². The van der Waals surface area contributed by atoms with Crippen molar-refractivity contribution in [2.75, 3.05) is 0 Å². The number of benzene rings is 3. The summed E-state index contributed by atoms with van der Waals surface area (Å²) in [5, 5.41) is 0.440. The minimum atomic E-state index is -3.02. The first kappa shape index (κ1) is 30.7. The van der Waals surface area contributed by atoms with Crippen LogP contribution in [0.15, 0.2) is 91.0 Å². The molecular weight excluding hydrogens is 561 g/mol. The average molecular weight is 614 g/mol. The molecule has 0 radical (unpaired) electrons. The molecule has 1 saturated heterocycles. The van der Waals surface area contributed by atoms with Gasteiger partial charge < -0.3 is 0 Å². The maximum atomic E-state index is 2.72. The topological polar surface area (TPSA) is 0 Å². The van der Waals surface area contributed by atoms with Crippen molar-refractivity contribution >= 4 is 56.2 Å². The Morgan fingerprint density at radius 1 is 0.513 bits per heavy atom. The molecule has 0 aliphatic carbocycles. The molecule has 4 rings (SSSR count). The fraction of sp³-hybridized carbons (Fsp3) is 0.471. The van der Waals surface area contributed by atoms with E-state index in [4.69, 9.17) is 0 Å². The Morgan fingerprint density at radius 3 is 0.974 bits per heavy atom. The zero-order chi connectivity index (χ0) is 29.1. The molecule has 0 saturated carbocycles. The van der Waals surface area contributed by atoms with Gasteiger partial charge in [0.2, 0.25) is 0 Å². The molecule has 3 aromatic carbocycles. The predicted molar refractivity (Wildman–Crippen MR) is 188 cm³/mol. The summed E-state index contributed by atoms with van der Waals surface area (Å²) in [5.41, 5.74) is 0. The second-order valence-electron chi connectivity index (χ2n) is 16.3. The first-order valence-electron chi connectivity index (χ1n) is 15.0. The van der Waals surface area contributed by atoms with Gasteiger partial charge in [0.25, 0.3) is 0 Å². The van der Waals surface area contributed by atoms with E-state index in [0.717, 1.165) is 0 Å². The summed E-state index contributed by atoms with van der Waals surface area (Å²) in [6, 6.07) is 35.4. The van der Waals surface area contributed by atoms with Crippen molar-refractivity contribution in [1.82, 2.24) is 0 Å². The van der Waals surface area contributed by atoms with E-state index in [2.05, 4.69) is 172 Å². The van der Waals surface area contributed by atoms with Crippen LogP contribution in [0.4, 0.5) is 0 Å². The molecule has 5 heteroatoms. The molecule has 0 nitrogen and oxygen atoms in total. The van der Waals surface area contributed by atoms with Crippen LogP contribution in [-0.4, -0.2) is 43.1 Å². The standard InChI is InChI=1S/C34H52AsB2Si2/c1-32(2,3)36-31(37(33(4,5)6)34(36,38(7,8)9)39(10,11)12)35(28-22-16-13-17-23-28,29-24-18-14-19-25-29)30-26-20-15-21-27-30/h13-27,31H,1-12H3/q+1. The molecule has 0 unspecified atom stereocenters. The van der Waals surface area contributed by atoms with E-state index in [1.165, 1.54) is 0 Å². The Hall–Kier alpha value is -1.22. The van der Waals surface area contributed by atoms with E-state index in [1.54, 1.807) is 13.1 Å². The Kier molecular flexibility index (Phi) is 8.08. The summed E-state index contributed by atoms with van der Waals surface area (Å²) < 4.78 is 5.92. The molecular formula is C34H52AsB2Si2+. The maximum absolute atomic E-state index is 3.02. The molecule has 39 heavy (non-hydrogen) atoms. The van der Waals surface area contributed by atoms with Crippen molar-refractivity contribution < 1.29 is 0 Å². The van der Waals surface area contributed by atoms with Gasteiger partial charge in [-0.25, -0.2) is 0 Å². The fourth-order valence-electron chi connectivity index (χ4n) is 9.59. The van der Waals surface area contributed by atoms with Gasteiger partial charge in [0.1, 0.15) is 0 Å². The van der Waals surface area contributed by atoms with Crippen LogP contribution >= 0.6 is 0 Å². The minimum absolute atomic E-state index is 0.220. The first-order valence-corrected chi connectivity index (χ1v) is 25.9.